The fraction of sp³-hybridized carbons (Fsp3) is 0.0625. The molecule has 0 radical (unpaired) electrons. The molecule has 0 bridgehead atoms. The van der Waals surface area contributed by atoms with Crippen LogP contribution in [0.4, 0.5) is 0 Å². The summed E-state index contributed by atoms with van der Waals surface area (Å²) >= 11 is 18.5. The predicted molar refractivity (Wildman–Crippen MR) is 89.9 cm³/mol. The van der Waals surface area contributed by atoms with Gasteiger partial charge in [0.1, 0.15) is 12.7 Å². The summed E-state index contributed by atoms with van der Waals surface area (Å²) in [6, 6.07) is 15.2. The van der Waals surface area contributed by atoms with Gasteiger partial charge in [-0.1, -0.05) is 83.3 Å². The summed E-state index contributed by atoms with van der Waals surface area (Å²) in [5.74, 6) is 0.532. The molecule has 0 saturated carbocycles. The lowest BCUT2D eigenvalue weighted by Crippen LogP contribution is -2.05. The van der Waals surface area contributed by atoms with E-state index >= 15 is 0 Å². The lowest BCUT2D eigenvalue weighted by molar-refractivity contribution is 1.05. The molecule has 0 amide bonds. The van der Waals surface area contributed by atoms with Crippen molar-refractivity contribution in [3.63, 3.8) is 0 Å². The van der Waals surface area contributed by atoms with Crippen molar-refractivity contribution < 1.29 is 0 Å². The zero-order valence-electron chi connectivity index (χ0n) is 11.2. The lowest BCUT2D eigenvalue weighted by atomic mass is 9.94. The Balaban J connectivity index is 2.32. The van der Waals surface area contributed by atoms with Gasteiger partial charge in [0.15, 0.2) is 5.82 Å². The van der Waals surface area contributed by atoms with E-state index in [1.165, 1.54) is 12.7 Å². The molecule has 1 heterocycles. The first kappa shape index (κ1) is 15.2. The highest BCUT2D eigenvalue weighted by Crippen LogP contribution is 2.46. The van der Waals surface area contributed by atoms with Crippen LogP contribution in [0.2, 0.25) is 0 Å². The average molecular weight is 351 g/mol. The first-order valence-corrected chi connectivity index (χ1v) is 7.59. The van der Waals surface area contributed by atoms with Crippen LogP contribution in [0, 0.1) is 0 Å². The third-order valence-corrected chi connectivity index (χ3v) is 3.78. The molecule has 0 atom stereocenters. The zero-order chi connectivity index (χ0) is 15.6. The van der Waals surface area contributed by atoms with Gasteiger partial charge in [-0.05, 0) is 5.56 Å². The van der Waals surface area contributed by atoms with Crippen molar-refractivity contribution in [1.29, 1.82) is 0 Å². The second-order valence-corrected chi connectivity index (χ2v) is 6.83. The van der Waals surface area contributed by atoms with Crippen molar-refractivity contribution in [3.05, 3.63) is 66.7 Å². The topological polar surface area (TPSA) is 38.7 Å². The van der Waals surface area contributed by atoms with Crippen LogP contribution in [0.25, 0.3) is 22.5 Å². The van der Waals surface area contributed by atoms with Crippen LogP contribution in [-0.4, -0.2) is 15.0 Å². The highest BCUT2D eigenvalue weighted by molar-refractivity contribution is 6.67. The summed E-state index contributed by atoms with van der Waals surface area (Å²) < 4.78 is -1.55. The van der Waals surface area contributed by atoms with E-state index in [0.717, 1.165) is 16.7 Å². The molecule has 6 heteroatoms. The number of nitrogens with zero attached hydrogens (tertiary/aromatic N) is 3. The second kappa shape index (κ2) is 6.21. The molecule has 110 valence electrons. The van der Waals surface area contributed by atoms with E-state index in [0.29, 0.717) is 11.4 Å². The van der Waals surface area contributed by atoms with E-state index in [4.69, 9.17) is 34.8 Å². The van der Waals surface area contributed by atoms with Gasteiger partial charge in [-0.15, -0.1) is 0 Å². The van der Waals surface area contributed by atoms with Gasteiger partial charge < -0.3 is 0 Å². The van der Waals surface area contributed by atoms with Crippen LogP contribution < -0.4 is 0 Å². The largest absolute Gasteiger partial charge is 0.225 e. The molecule has 0 unspecified atom stereocenters. The van der Waals surface area contributed by atoms with Gasteiger partial charge >= 0.3 is 0 Å². The Bertz CT molecular complexity index is 772. The third-order valence-electron chi connectivity index (χ3n) is 3.17. The molecule has 0 aliphatic rings. The molecule has 0 fully saturated rings. The highest BCUT2D eigenvalue weighted by atomic mass is 35.6. The SMILES string of the molecule is ClC(Cl)(Cl)c1cccc(-c2ncncn2)c1-c1ccccc1. The number of alkyl halides is 3. The highest BCUT2D eigenvalue weighted by Gasteiger charge is 2.28. The Hall–Kier alpha value is -1.68. The van der Waals surface area contributed by atoms with E-state index in [1.807, 2.05) is 42.5 Å². The summed E-state index contributed by atoms with van der Waals surface area (Å²) in [4.78, 5) is 12.3. The van der Waals surface area contributed by atoms with Crippen LogP contribution in [0.1, 0.15) is 5.56 Å². The minimum absolute atomic E-state index is 0.532. The quantitative estimate of drug-likeness (QED) is 0.608. The molecule has 0 aliphatic heterocycles. The molecule has 1 aromatic heterocycles. The minimum atomic E-state index is -1.55. The van der Waals surface area contributed by atoms with Crippen molar-refractivity contribution in [2.24, 2.45) is 0 Å². The number of hydrogen-bond donors (Lipinski definition) is 0. The van der Waals surface area contributed by atoms with Crippen molar-refractivity contribution in [2.75, 3.05) is 0 Å². The minimum Gasteiger partial charge on any atom is -0.225 e. The molecular weight excluding hydrogens is 341 g/mol. The summed E-state index contributed by atoms with van der Waals surface area (Å²) in [5.41, 5.74) is 3.10. The monoisotopic (exact) mass is 349 g/mol. The van der Waals surface area contributed by atoms with Gasteiger partial charge in [-0.3, -0.25) is 0 Å². The molecule has 22 heavy (non-hydrogen) atoms. The maximum atomic E-state index is 6.15. The van der Waals surface area contributed by atoms with Gasteiger partial charge in [0.05, 0.1) is 0 Å². The van der Waals surface area contributed by atoms with Gasteiger partial charge in [0, 0.05) is 16.7 Å². The molecule has 0 aliphatic carbocycles. The molecule has 3 rings (SSSR count). The van der Waals surface area contributed by atoms with Crippen LogP contribution in [0.3, 0.4) is 0 Å². The van der Waals surface area contributed by atoms with E-state index < -0.39 is 3.79 Å². The van der Waals surface area contributed by atoms with Crippen molar-refractivity contribution in [3.8, 4) is 22.5 Å². The van der Waals surface area contributed by atoms with Crippen LogP contribution in [0.15, 0.2) is 61.2 Å². The van der Waals surface area contributed by atoms with Crippen LogP contribution in [-0.2, 0) is 3.79 Å². The van der Waals surface area contributed by atoms with Gasteiger partial charge in [-0.2, -0.15) is 0 Å². The molecule has 0 N–H and O–H groups in total. The molecule has 2 aromatic carbocycles. The fourth-order valence-electron chi connectivity index (χ4n) is 2.27. The van der Waals surface area contributed by atoms with E-state index in [2.05, 4.69) is 15.0 Å². The maximum Gasteiger partial charge on any atom is 0.216 e. The number of rotatable bonds is 2. The predicted octanol–water partition coefficient (Wildman–Crippen LogP) is 5.03. The Kier molecular flexibility index (Phi) is 4.30. The van der Waals surface area contributed by atoms with Crippen molar-refractivity contribution >= 4 is 34.8 Å². The Morgan fingerprint density at radius 2 is 1.45 bits per heavy atom. The third kappa shape index (κ3) is 3.07. The zero-order valence-corrected chi connectivity index (χ0v) is 13.5. The average Bonchev–Trinajstić information content (AvgIpc) is 2.55. The number of benzene rings is 2. The van der Waals surface area contributed by atoms with E-state index in [1.54, 1.807) is 6.07 Å². The van der Waals surface area contributed by atoms with E-state index in [-0.39, 0.29) is 0 Å². The molecule has 3 aromatic rings. The smallest absolute Gasteiger partial charge is 0.216 e. The maximum absolute atomic E-state index is 6.15. The van der Waals surface area contributed by atoms with Gasteiger partial charge in [0.25, 0.3) is 0 Å². The second-order valence-electron chi connectivity index (χ2n) is 4.55. The fourth-order valence-corrected chi connectivity index (χ4v) is 2.74. The molecule has 0 spiro atoms. The number of aromatic nitrogens is 3. The number of hydrogen-bond acceptors (Lipinski definition) is 3. The van der Waals surface area contributed by atoms with E-state index in [9.17, 15) is 0 Å². The molecule has 0 saturated heterocycles. The van der Waals surface area contributed by atoms with Gasteiger partial charge in [0.2, 0.25) is 3.79 Å². The Morgan fingerprint density at radius 1 is 0.773 bits per heavy atom. The lowest BCUT2D eigenvalue weighted by Gasteiger charge is -2.19. The first-order chi connectivity index (χ1) is 10.6. The first-order valence-electron chi connectivity index (χ1n) is 6.45. The Labute approximate surface area is 142 Å². The van der Waals surface area contributed by atoms with Crippen LogP contribution >= 0.6 is 34.8 Å². The summed E-state index contributed by atoms with van der Waals surface area (Å²) in [6.45, 7) is 0. The summed E-state index contributed by atoms with van der Waals surface area (Å²) in [7, 11) is 0. The summed E-state index contributed by atoms with van der Waals surface area (Å²) in [5, 5.41) is 0. The molecule has 3 nitrogen and oxygen atoms in total. The van der Waals surface area contributed by atoms with Crippen LogP contribution in [0.5, 0.6) is 0 Å². The normalized spacial score (nSPS) is 11.4. The van der Waals surface area contributed by atoms with Crippen molar-refractivity contribution in [2.45, 2.75) is 3.79 Å². The number of halogens is 3. The van der Waals surface area contributed by atoms with Crippen molar-refractivity contribution in [1.82, 2.24) is 15.0 Å². The van der Waals surface area contributed by atoms with Gasteiger partial charge in [-0.25, -0.2) is 15.0 Å². The Morgan fingerprint density at radius 3 is 2.09 bits per heavy atom. The standard InChI is InChI=1S/C16H10Cl3N3/c17-16(18,19)13-8-4-7-12(15-21-9-20-10-22-15)14(13)11-5-2-1-3-6-11/h1-10H. The molecular formula is C16H10Cl3N3. The summed E-state index contributed by atoms with van der Waals surface area (Å²) in [6.07, 6.45) is 2.89.